The summed E-state index contributed by atoms with van der Waals surface area (Å²) in [5.74, 6) is 0. The van der Waals surface area contributed by atoms with Crippen molar-refractivity contribution >= 4 is 0 Å². The number of furan rings is 1. The molecule has 0 aliphatic carbocycles. The Kier molecular flexibility index (Phi) is 4.06. The summed E-state index contributed by atoms with van der Waals surface area (Å²) in [4.78, 5) is 2.19. The molecule has 114 valence electrons. The average molecular weight is 296 g/mol. The van der Waals surface area contributed by atoms with E-state index >= 15 is 0 Å². The van der Waals surface area contributed by atoms with E-state index in [1.54, 1.807) is 12.5 Å². The summed E-state index contributed by atoms with van der Waals surface area (Å²) in [5, 5.41) is 8.47. The van der Waals surface area contributed by atoms with Gasteiger partial charge in [0.15, 0.2) is 0 Å². The summed E-state index contributed by atoms with van der Waals surface area (Å²) in [7, 11) is 4.16. The van der Waals surface area contributed by atoms with Gasteiger partial charge in [-0.1, -0.05) is 23.4 Å². The Balaban J connectivity index is 1.82. The van der Waals surface area contributed by atoms with Crippen molar-refractivity contribution in [3.63, 3.8) is 0 Å². The molecule has 0 saturated carbocycles. The molecule has 5 heteroatoms. The highest BCUT2D eigenvalue weighted by molar-refractivity contribution is 5.58. The predicted molar refractivity (Wildman–Crippen MR) is 85.4 cm³/mol. The van der Waals surface area contributed by atoms with Crippen LogP contribution in [0.25, 0.3) is 11.3 Å². The highest BCUT2D eigenvalue weighted by Crippen LogP contribution is 2.23. The van der Waals surface area contributed by atoms with E-state index in [0.29, 0.717) is 12.6 Å². The first-order chi connectivity index (χ1) is 10.6. The SMILES string of the molecule is C[C@@H](c1cccc(-c2cn(Cc3ccoc3)nn2)c1)N(C)C. The van der Waals surface area contributed by atoms with E-state index in [1.807, 2.05) is 16.9 Å². The average Bonchev–Trinajstić information content (AvgIpc) is 3.19. The Morgan fingerprint density at radius 1 is 1.27 bits per heavy atom. The Hall–Kier alpha value is -2.40. The van der Waals surface area contributed by atoms with Crippen molar-refractivity contribution in [2.75, 3.05) is 14.1 Å². The number of rotatable bonds is 5. The van der Waals surface area contributed by atoms with Crippen LogP contribution < -0.4 is 0 Å². The summed E-state index contributed by atoms with van der Waals surface area (Å²) in [6.45, 7) is 2.85. The Bertz CT molecular complexity index is 731. The number of benzene rings is 1. The third-order valence-corrected chi connectivity index (χ3v) is 3.90. The second kappa shape index (κ2) is 6.15. The second-order valence-electron chi connectivity index (χ2n) is 5.70. The van der Waals surface area contributed by atoms with E-state index in [4.69, 9.17) is 4.42 Å². The summed E-state index contributed by atoms with van der Waals surface area (Å²) in [6.07, 6.45) is 5.35. The van der Waals surface area contributed by atoms with Crippen molar-refractivity contribution in [2.24, 2.45) is 0 Å². The van der Waals surface area contributed by atoms with E-state index in [-0.39, 0.29) is 0 Å². The first-order valence-electron chi connectivity index (χ1n) is 7.31. The molecule has 0 N–H and O–H groups in total. The van der Waals surface area contributed by atoms with Crippen LogP contribution in [0.3, 0.4) is 0 Å². The van der Waals surface area contributed by atoms with Crippen LogP contribution in [-0.4, -0.2) is 34.0 Å². The molecule has 2 heterocycles. The Morgan fingerprint density at radius 2 is 2.14 bits per heavy atom. The zero-order valence-electron chi connectivity index (χ0n) is 13.1. The van der Waals surface area contributed by atoms with Gasteiger partial charge in [-0.2, -0.15) is 0 Å². The van der Waals surface area contributed by atoms with Crippen LogP contribution in [0, 0.1) is 0 Å². The van der Waals surface area contributed by atoms with Gasteiger partial charge in [0.2, 0.25) is 0 Å². The maximum atomic E-state index is 5.08. The van der Waals surface area contributed by atoms with Gasteiger partial charge in [0.05, 0.1) is 25.3 Å². The molecule has 0 unspecified atom stereocenters. The van der Waals surface area contributed by atoms with Crippen molar-refractivity contribution < 1.29 is 4.42 Å². The molecule has 0 radical (unpaired) electrons. The van der Waals surface area contributed by atoms with Crippen LogP contribution in [0.4, 0.5) is 0 Å². The van der Waals surface area contributed by atoms with E-state index in [9.17, 15) is 0 Å². The third kappa shape index (κ3) is 3.09. The lowest BCUT2D eigenvalue weighted by Crippen LogP contribution is -2.16. The van der Waals surface area contributed by atoms with E-state index < -0.39 is 0 Å². The van der Waals surface area contributed by atoms with Gasteiger partial charge in [-0.15, -0.1) is 5.10 Å². The quantitative estimate of drug-likeness (QED) is 0.725. The lowest BCUT2D eigenvalue weighted by Gasteiger charge is -2.20. The molecule has 0 spiro atoms. The number of hydrogen-bond donors (Lipinski definition) is 0. The van der Waals surface area contributed by atoms with E-state index in [2.05, 4.69) is 60.5 Å². The standard InChI is InChI=1S/C17H20N4O/c1-13(20(2)3)15-5-4-6-16(9-15)17-11-21(19-18-17)10-14-7-8-22-12-14/h4-9,11-13H,10H2,1-3H3/t13-/m0/s1. The van der Waals surface area contributed by atoms with Gasteiger partial charge < -0.3 is 9.32 Å². The van der Waals surface area contributed by atoms with Crippen molar-refractivity contribution in [3.05, 3.63) is 60.2 Å². The molecule has 0 bridgehead atoms. The summed E-state index contributed by atoms with van der Waals surface area (Å²) in [5.41, 5.74) is 4.32. The van der Waals surface area contributed by atoms with Gasteiger partial charge in [0, 0.05) is 17.2 Å². The van der Waals surface area contributed by atoms with Gasteiger partial charge in [-0.3, -0.25) is 0 Å². The smallest absolute Gasteiger partial charge is 0.113 e. The zero-order chi connectivity index (χ0) is 15.5. The number of aromatic nitrogens is 3. The highest BCUT2D eigenvalue weighted by atomic mass is 16.3. The fourth-order valence-corrected chi connectivity index (χ4v) is 2.33. The number of nitrogens with zero attached hydrogens (tertiary/aromatic N) is 4. The predicted octanol–water partition coefficient (Wildman–Crippen LogP) is 3.21. The normalized spacial score (nSPS) is 12.7. The van der Waals surface area contributed by atoms with Crippen LogP contribution in [-0.2, 0) is 6.54 Å². The summed E-state index contributed by atoms with van der Waals surface area (Å²) >= 11 is 0. The minimum absolute atomic E-state index is 0.362. The Labute approximate surface area is 130 Å². The molecule has 3 rings (SSSR count). The molecule has 0 aliphatic heterocycles. The molecule has 22 heavy (non-hydrogen) atoms. The first-order valence-corrected chi connectivity index (χ1v) is 7.31. The van der Waals surface area contributed by atoms with Crippen LogP contribution in [0.15, 0.2) is 53.5 Å². The Morgan fingerprint density at radius 3 is 2.86 bits per heavy atom. The maximum Gasteiger partial charge on any atom is 0.113 e. The van der Waals surface area contributed by atoms with Crippen molar-refractivity contribution in [2.45, 2.75) is 19.5 Å². The van der Waals surface area contributed by atoms with Crippen LogP contribution >= 0.6 is 0 Å². The molecule has 0 aliphatic rings. The minimum Gasteiger partial charge on any atom is -0.472 e. The van der Waals surface area contributed by atoms with Crippen LogP contribution in [0.5, 0.6) is 0 Å². The van der Waals surface area contributed by atoms with E-state index in [1.165, 1.54) is 5.56 Å². The zero-order valence-corrected chi connectivity index (χ0v) is 13.1. The molecule has 1 atom stereocenters. The molecule has 0 saturated heterocycles. The second-order valence-corrected chi connectivity index (χ2v) is 5.70. The lowest BCUT2D eigenvalue weighted by molar-refractivity contribution is 0.321. The third-order valence-electron chi connectivity index (χ3n) is 3.90. The molecule has 3 aromatic rings. The molecule has 2 aromatic heterocycles. The molecule has 0 amide bonds. The molecular weight excluding hydrogens is 276 g/mol. The van der Waals surface area contributed by atoms with Crippen molar-refractivity contribution in [3.8, 4) is 11.3 Å². The minimum atomic E-state index is 0.362. The lowest BCUT2D eigenvalue weighted by atomic mass is 10.0. The monoisotopic (exact) mass is 296 g/mol. The summed E-state index contributed by atoms with van der Waals surface area (Å²) in [6, 6.07) is 10.8. The highest BCUT2D eigenvalue weighted by Gasteiger charge is 2.10. The van der Waals surface area contributed by atoms with Gasteiger partial charge >= 0.3 is 0 Å². The maximum absolute atomic E-state index is 5.08. The van der Waals surface area contributed by atoms with Crippen LogP contribution in [0.1, 0.15) is 24.1 Å². The van der Waals surface area contributed by atoms with Gasteiger partial charge in [0.25, 0.3) is 0 Å². The molecule has 1 aromatic carbocycles. The number of hydrogen-bond acceptors (Lipinski definition) is 4. The van der Waals surface area contributed by atoms with Gasteiger partial charge in [-0.25, -0.2) is 4.68 Å². The molecular formula is C17H20N4O. The fourth-order valence-electron chi connectivity index (χ4n) is 2.33. The molecule has 5 nitrogen and oxygen atoms in total. The first kappa shape index (κ1) is 14.5. The van der Waals surface area contributed by atoms with Crippen molar-refractivity contribution in [1.82, 2.24) is 19.9 Å². The molecule has 0 fully saturated rings. The summed E-state index contributed by atoms with van der Waals surface area (Å²) < 4.78 is 6.90. The van der Waals surface area contributed by atoms with Gasteiger partial charge in [-0.05, 0) is 38.7 Å². The fraction of sp³-hybridized carbons (Fsp3) is 0.294. The van der Waals surface area contributed by atoms with E-state index in [0.717, 1.165) is 16.8 Å². The van der Waals surface area contributed by atoms with Crippen molar-refractivity contribution in [1.29, 1.82) is 0 Å². The van der Waals surface area contributed by atoms with Gasteiger partial charge in [0.1, 0.15) is 5.69 Å². The largest absolute Gasteiger partial charge is 0.472 e. The topological polar surface area (TPSA) is 47.1 Å². The van der Waals surface area contributed by atoms with Crippen LogP contribution in [0.2, 0.25) is 0 Å².